The Morgan fingerprint density at radius 2 is 1.77 bits per heavy atom. The summed E-state index contributed by atoms with van der Waals surface area (Å²) >= 11 is 0. The van der Waals surface area contributed by atoms with Crippen LogP contribution < -0.4 is 0 Å². The van der Waals surface area contributed by atoms with Crippen molar-refractivity contribution in [1.82, 2.24) is 0 Å². The molecule has 0 nitrogen and oxygen atoms in total. The van der Waals surface area contributed by atoms with Gasteiger partial charge in [0.25, 0.3) is 0 Å². The van der Waals surface area contributed by atoms with Gasteiger partial charge >= 0.3 is 0 Å². The van der Waals surface area contributed by atoms with Gasteiger partial charge in [-0.2, -0.15) is 0 Å². The summed E-state index contributed by atoms with van der Waals surface area (Å²) in [5, 5.41) is 0. The van der Waals surface area contributed by atoms with Crippen LogP contribution in [0.25, 0.3) is 0 Å². The smallest absolute Gasteiger partial charge is 0.0320 e. The fraction of sp³-hybridized carbons (Fsp3) is 0.846. The third kappa shape index (κ3) is 5.90. The molecule has 0 aliphatic heterocycles. The number of hydrogen-bond acceptors (Lipinski definition) is 0. The Morgan fingerprint density at radius 1 is 1.15 bits per heavy atom. The summed E-state index contributed by atoms with van der Waals surface area (Å²) in [6, 6.07) is 0. The van der Waals surface area contributed by atoms with Gasteiger partial charge in [0.05, 0.1) is 0 Å². The maximum Gasteiger partial charge on any atom is -0.0320 e. The molecule has 0 spiro atoms. The standard InChI is InChI=1S/C13H26/c1-6-8-12(4)13(5)10-9-11(3)7-2/h9,12-13H,6-8,10H2,1-5H3. The van der Waals surface area contributed by atoms with Crippen molar-refractivity contribution in [2.45, 2.75) is 60.3 Å². The van der Waals surface area contributed by atoms with E-state index < -0.39 is 0 Å². The minimum absolute atomic E-state index is 0.849. The second-order valence-electron chi connectivity index (χ2n) is 4.38. The second-order valence-corrected chi connectivity index (χ2v) is 4.38. The molecule has 0 fully saturated rings. The second kappa shape index (κ2) is 7.17. The molecule has 0 bridgehead atoms. The third-order valence-corrected chi connectivity index (χ3v) is 3.11. The van der Waals surface area contributed by atoms with Gasteiger partial charge in [0.1, 0.15) is 0 Å². The van der Waals surface area contributed by atoms with E-state index in [0.29, 0.717) is 0 Å². The van der Waals surface area contributed by atoms with Gasteiger partial charge in [-0.1, -0.05) is 52.2 Å². The number of rotatable bonds is 6. The zero-order chi connectivity index (χ0) is 10.3. The molecule has 0 saturated carbocycles. The molecular weight excluding hydrogens is 156 g/mol. The highest BCUT2D eigenvalue weighted by molar-refractivity contribution is 4.97. The van der Waals surface area contributed by atoms with E-state index in [0.717, 1.165) is 11.8 Å². The summed E-state index contributed by atoms with van der Waals surface area (Å²) in [4.78, 5) is 0. The lowest BCUT2D eigenvalue weighted by Gasteiger charge is -2.17. The van der Waals surface area contributed by atoms with Crippen molar-refractivity contribution in [3.8, 4) is 0 Å². The highest BCUT2D eigenvalue weighted by atomic mass is 14.1. The SMILES string of the molecule is CCCC(C)C(C)CC=C(C)CC. The van der Waals surface area contributed by atoms with Crippen LogP contribution >= 0.6 is 0 Å². The maximum atomic E-state index is 2.41. The predicted molar refractivity (Wildman–Crippen MR) is 61.9 cm³/mol. The first-order chi connectivity index (χ1) is 6.11. The fourth-order valence-corrected chi connectivity index (χ4v) is 1.50. The molecule has 2 unspecified atom stereocenters. The van der Waals surface area contributed by atoms with E-state index >= 15 is 0 Å². The van der Waals surface area contributed by atoms with Crippen molar-refractivity contribution in [2.75, 3.05) is 0 Å². The van der Waals surface area contributed by atoms with E-state index in [2.05, 4.69) is 40.7 Å². The van der Waals surface area contributed by atoms with Crippen LogP contribution in [0.2, 0.25) is 0 Å². The van der Waals surface area contributed by atoms with Crippen LogP contribution in [0.1, 0.15) is 60.3 Å². The normalized spacial score (nSPS) is 17.2. The van der Waals surface area contributed by atoms with Crippen molar-refractivity contribution in [2.24, 2.45) is 11.8 Å². The molecule has 0 aromatic heterocycles. The first-order valence-corrected chi connectivity index (χ1v) is 5.77. The van der Waals surface area contributed by atoms with E-state index in [1.54, 1.807) is 0 Å². The van der Waals surface area contributed by atoms with Crippen molar-refractivity contribution >= 4 is 0 Å². The topological polar surface area (TPSA) is 0 Å². The lowest BCUT2D eigenvalue weighted by atomic mass is 9.89. The Labute approximate surface area is 84.4 Å². The van der Waals surface area contributed by atoms with E-state index in [9.17, 15) is 0 Å². The molecule has 0 aromatic carbocycles. The van der Waals surface area contributed by atoms with Crippen LogP contribution in [0.4, 0.5) is 0 Å². The van der Waals surface area contributed by atoms with Crippen molar-refractivity contribution < 1.29 is 0 Å². The predicted octanol–water partition coefficient (Wildman–Crippen LogP) is 4.81. The molecule has 0 heterocycles. The quantitative estimate of drug-likeness (QED) is 0.517. The Bertz CT molecular complexity index is 144. The van der Waals surface area contributed by atoms with Crippen LogP contribution in [-0.2, 0) is 0 Å². The molecule has 0 N–H and O–H groups in total. The van der Waals surface area contributed by atoms with Gasteiger partial charge in [-0.3, -0.25) is 0 Å². The van der Waals surface area contributed by atoms with E-state index in [-0.39, 0.29) is 0 Å². The van der Waals surface area contributed by atoms with Gasteiger partial charge in [0, 0.05) is 0 Å². The van der Waals surface area contributed by atoms with Crippen LogP contribution in [0.3, 0.4) is 0 Å². The largest absolute Gasteiger partial charge is 0.0853 e. The van der Waals surface area contributed by atoms with Crippen molar-refractivity contribution in [3.05, 3.63) is 11.6 Å². The highest BCUT2D eigenvalue weighted by Crippen LogP contribution is 2.21. The number of hydrogen-bond donors (Lipinski definition) is 0. The average Bonchev–Trinajstić information content (AvgIpc) is 2.13. The first kappa shape index (κ1) is 12.7. The molecular formula is C13H26. The van der Waals surface area contributed by atoms with E-state index in [1.165, 1.54) is 31.3 Å². The molecule has 13 heavy (non-hydrogen) atoms. The Balaban J connectivity index is 3.78. The lowest BCUT2D eigenvalue weighted by molar-refractivity contribution is 0.364. The summed E-state index contributed by atoms with van der Waals surface area (Å²) in [5.74, 6) is 1.73. The molecule has 0 radical (unpaired) electrons. The minimum atomic E-state index is 0.849. The highest BCUT2D eigenvalue weighted by Gasteiger charge is 2.09. The molecule has 0 heteroatoms. The van der Waals surface area contributed by atoms with E-state index in [4.69, 9.17) is 0 Å². The molecule has 0 rings (SSSR count). The third-order valence-electron chi connectivity index (χ3n) is 3.11. The Kier molecular flexibility index (Phi) is 7.03. The maximum absolute atomic E-state index is 2.41. The molecule has 0 aliphatic carbocycles. The van der Waals surface area contributed by atoms with Gasteiger partial charge in [0.15, 0.2) is 0 Å². The van der Waals surface area contributed by atoms with Crippen LogP contribution in [-0.4, -0.2) is 0 Å². The fourth-order valence-electron chi connectivity index (χ4n) is 1.50. The minimum Gasteiger partial charge on any atom is -0.0853 e. The van der Waals surface area contributed by atoms with Gasteiger partial charge in [-0.05, 0) is 31.6 Å². The Morgan fingerprint density at radius 3 is 2.23 bits per heavy atom. The summed E-state index contributed by atoms with van der Waals surface area (Å²) in [7, 11) is 0. The van der Waals surface area contributed by atoms with Gasteiger partial charge in [-0.15, -0.1) is 0 Å². The summed E-state index contributed by atoms with van der Waals surface area (Å²) < 4.78 is 0. The first-order valence-electron chi connectivity index (χ1n) is 5.77. The van der Waals surface area contributed by atoms with E-state index in [1.807, 2.05) is 0 Å². The zero-order valence-corrected chi connectivity index (χ0v) is 10.1. The molecule has 0 amide bonds. The number of allylic oxidation sites excluding steroid dienone is 2. The van der Waals surface area contributed by atoms with Crippen molar-refractivity contribution in [1.29, 1.82) is 0 Å². The Hall–Kier alpha value is -0.260. The monoisotopic (exact) mass is 182 g/mol. The van der Waals surface area contributed by atoms with Crippen molar-refractivity contribution in [3.63, 3.8) is 0 Å². The van der Waals surface area contributed by atoms with Gasteiger partial charge in [-0.25, -0.2) is 0 Å². The average molecular weight is 182 g/mol. The molecule has 0 aromatic rings. The molecule has 0 aliphatic rings. The van der Waals surface area contributed by atoms with Crippen LogP contribution in [0.5, 0.6) is 0 Å². The summed E-state index contributed by atoms with van der Waals surface area (Å²) in [6.07, 6.45) is 7.58. The van der Waals surface area contributed by atoms with Gasteiger partial charge in [0.2, 0.25) is 0 Å². The molecule has 78 valence electrons. The van der Waals surface area contributed by atoms with Crippen LogP contribution in [0.15, 0.2) is 11.6 Å². The summed E-state index contributed by atoms with van der Waals surface area (Å²) in [5.41, 5.74) is 1.54. The lowest BCUT2D eigenvalue weighted by Crippen LogP contribution is -2.06. The summed E-state index contributed by atoms with van der Waals surface area (Å²) in [6.45, 7) is 11.5. The van der Waals surface area contributed by atoms with Crippen LogP contribution in [0, 0.1) is 11.8 Å². The zero-order valence-electron chi connectivity index (χ0n) is 10.1. The van der Waals surface area contributed by atoms with Gasteiger partial charge < -0.3 is 0 Å². The molecule has 2 atom stereocenters. The molecule has 0 saturated heterocycles.